The van der Waals surface area contributed by atoms with E-state index in [2.05, 4.69) is 26.6 Å². The Morgan fingerprint density at radius 2 is 1.94 bits per heavy atom. The number of carbonyl (C=O) groups excluding carboxylic acids is 3. The molecule has 0 spiro atoms. The molecule has 12 heteroatoms. The number of hydrogen-bond acceptors (Lipinski definition) is 8. The number of carbonyl (C=O) groups is 3. The van der Waals surface area contributed by atoms with Crippen LogP contribution >= 0.6 is 27.7 Å². The summed E-state index contributed by atoms with van der Waals surface area (Å²) >= 11 is 4.18. The van der Waals surface area contributed by atoms with Gasteiger partial charge in [0.1, 0.15) is 5.92 Å². The van der Waals surface area contributed by atoms with Gasteiger partial charge in [0, 0.05) is 21.8 Å². The standard InChI is InChI=1S/C22H17BrN4O6S/c1-33-22(30)19-18(14-4-2-3-5-16(14)27(31)32)15(10-24)21(26-20(19)29)34-11-17(28)25-13-8-6-12(23)7-9-13/h2-9,18-19H,11H2,1H3,(H,25,28)(H,26,29)/t18-,19-/m1/s1. The van der Waals surface area contributed by atoms with Crippen LogP contribution in [0.2, 0.25) is 0 Å². The zero-order valence-corrected chi connectivity index (χ0v) is 20.0. The van der Waals surface area contributed by atoms with Gasteiger partial charge >= 0.3 is 5.97 Å². The summed E-state index contributed by atoms with van der Waals surface area (Å²) in [7, 11) is 1.08. The summed E-state index contributed by atoms with van der Waals surface area (Å²) < 4.78 is 5.58. The Labute approximate surface area is 206 Å². The van der Waals surface area contributed by atoms with Gasteiger partial charge in [-0.25, -0.2) is 0 Å². The van der Waals surface area contributed by atoms with Crippen LogP contribution in [0.15, 0.2) is 63.6 Å². The molecule has 1 aliphatic heterocycles. The molecule has 1 aliphatic rings. The molecule has 2 amide bonds. The lowest BCUT2D eigenvalue weighted by Gasteiger charge is -2.30. The predicted molar refractivity (Wildman–Crippen MR) is 127 cm³/mol. The number of nitro benzene ring substituents is 1. The maximum Gasteiger partial charge on any atom is 0.319 e. The molecule has 0 saturated heterocycles. The lowest BCUT2D eigenvalue weighted by atomic mass is 9.78. The van der Waals surface area contributed by atoms with Gasteiger partial charge in [0.05, 0.1) is 40.4 Å². The van der Waals surface area contributed by atoms with Crippen molar-refractivity contribution in [2.45, 2.75) is 5.92 Å². The van der Waals surface area contributed by atoms with Gasteiger partial charge in [-0.15, -0.1) is 0 Å². The first kappa shape index (κ1) is 24.9. The van der Waals surface area contributed by atoms with E-state index in [1.54, 1.807) is 24.3 Å². The van der Waals surface area contributed by atoms with Crippen molar-refractivity contribution in [1.29, 1.82) is 5.26 Å². The van der Waals surface area contributed by atoms with Crippen molar-refractivity contribution in [3.05, 3.63) is 79.3 Å². The van der Waals surface area contributed by atoms with E-state index in [0.29, 0.717) is 5.69 Å². The van der Waals surface area contributed by atoms with Gasteiger partial charge in [-0.3, -0.25) is 24.5 Å². The summed E-state index contributed by atoms with van der Waals surface area (Å²) in [4.78, 5) is 48.7. The third-order valence-corrected chi connectivity index (χ3v) is 6.47. The third-order valence-electron chi connectivity index (χ3n) is 4.93. The fourth-order valence-electron chi connectivity index (χ4n) is 3.44. The number of anilines is 1. The topological polar surface area (TPSA) is 151 Å². The number of thioether (sulfide) groups is 1. The van der Waals surface area contributed by atoms with Crippen LogP contribution in [-0.2, 0) is 19.1 Å². The van der Waals surface area contributed by atoms with Crippen molar-refractivity contribution in [1.82, 2.24) is 5.32 Å². The Hall–Kier alpha value is -3.69. The molecule has 174 valence electrons. The smallest absolute Gasteiger partial charge is 0.319 e. The quantitative estimate of drug-likeness (QED) is 0.232. The number of nitrogens with one attached hydrogen (secondary N) is 2. The summed E-state index contributed by atoms with van der Waals surface area (Å²) in [5, 5.41) is 26.7. The van der Waals surface area contributed by atoms with E-state index < -0.39 is 34.5 Å². The zero-order valence-electron chi connectivity index (χ0n) is 17.6. The van der Waals surface area contributed by atoms with Crippen molar-refractivity contribution in [2.24, 2.45) is 5.92 Å². The van der Waals surface area contributed by atoms with Crippen LogP contribution in [-0.4, -0.2) is 35.6 Å². The molecule has 0 unspecified atom stereocenters. The van der Waals surface area contributed by atoms with Gasteiger partial charge < -0.3 is 15.4 Å². The summed E-state index contributed by atoms with van der Waals surface area (Å²) in [6.07, 6.45) is 0. The normalized spacial score (nSPS) is 17.4. The zero-order chi connectivity index (χ0) is 24.8. The van der Waals surface area contributed by atoms with Crippen LogP contribution in [0, 0.1) is 27.4 Å². The van der Waals surface area contributed by atoms with E-state index in [0.717, 1.165) is 23.3 Å². The maximum atomic E-state index is 12.9. The lowest BCUT2D eigenvalue weighted by Crippen LogP contribution is -2.44. The van der Waals surface area contributed by atoms with Gasteiger partial charge in [-0.05, 0) is 24.3 Å². The number of hydrogen-bond donors (Lipinski definition) is 2. The number of nitrogens with zero attached hydrogens (tertiary/aromatic N) is 2. The van der Waals surface area contributed by atoms with E-state index in [1.807, 2.05) is 6.07 Å². The van der Waals surface area contributed by atoms with E-state index >= 15 is 0 Å². The van der Waals surface area contributed by atoms with E-state index in [1.165, 1.54) is 24.3 Å². The number of ether oxygens (including phenoxy) is 1. The predicted octanol–water partition coefficient (Wildman–Crippen LogP) is 3.47. The molecular weight excluding hydrogens is 528 g/mol. The van der Waals surface area contributed by atoms with E-state index in [9.17, 15) is 29.8 Å². The Morgan fingerprint density at radius 1 is 1.26 bits per heavy atom. The molecule has 10 nitrogen and oxygen atoms in total. The van der Waals surface area contributed by atoms with Crippen molar-refractivity contribution in [2.75, 3.05) is 18.2 Å². The van der Waals surface area contributed by atoms with Gasteiger partial charge in [-0.1, -0.05) is 45.9 Å². The monoisotopic (exact) mass is 544 g/mol. The summed E-state index contributed by atoms with van der Waals surface area (Å²) in [6.45, 7) is 0. The molecule has 0 aromatic heterocycles. The second kappa shape index (κ2) is 11.0. The van der Waals surface area contributed by atoms with Crippen LogP contribution in [0.4, 0.5) is 11.4 Å². The number of benzene rings is 2. The van der Waals surface area contributed by atoms with Crippen molar-refractivity contribution < 1.29 is 24.0 Å². The number of allylic oxidation sites excluding steroid dienone is 1. The maximum absolute atomic E-state index is 12.9. The minimum Gasteiger partial charge on any atom is -0.468 e. The molecule has 1 heterocycles. The summed E-state index contributed by atoms with van der Waals surface area (Å²) in [5.74, 6) is -5.06. The van der Waals surface area contributed by atoms with Crippen molar-refractivity contribution in [3.8, 4) is 6.07 Å². The highest BCUT2D eigenvalue weighted by molar-refractivity contribution is 9.10. The first-order chi connectivity index (χ1) is 16.3. The van der Waals surface area contributed by atoms with Crippen LogP contribution in [0.5, 0.6) is 0 Å². The van der Waals surface area contributed by atoms with Gasteiger partial charge in [0.25, 0.3) is 5.69 Å². The average molecular weight is 545 g/mol. The van der Waals surface area contributed by atoms with Crippen LogP contribution < -0.4 is 10.6 Å². The molecule has 0 saturated carbocycles. The molecule has 2 N–H and O–H groups in total. The number of rotatable bonds is 7. The fourth-order valence-corrected chi connectivity index (χ4v) is 4.55. The number of para-hydroxylation sites is 1. The summed E-state index contributed by atoms with van der Waals surface area (Å²) in [5.41, 5.74) is 0.151. The number of methoxy groups -OCH3 is 1. The Balaban J connectivity index is 1.96. The molecule has 2 aromatic rings. The first-order valence-corrected chi connectivity index (χ1v) is 11.5. The van der Waals surface area contributed by atoms with Gasteiger partial charge in [0.2, 0.25) is 11.8 Å². The second-order valence-electron chi connectivity index (χ2n) is 6.98. The number of halogens is 1. The van der Waals surface area contributed by atoms with Gasteiger partial charge in [0.15, 0.2) is 0 Å². The largest absolute Gasteiger partial charge is 0.468 e. The van der Waals surface area contributed by atoms with Crippen molar-refractivity contribution >= 4 is 56.9 Å². The first-order valence-electron chi connectivity index (χ1n) is 9.71. The lowest BCUT2D eigenvalue weighted by molar-refractivity contribution is -0.385. The molecule has 34 heavy (non-hydrogen) atoms. The minimum absolute atomic E-state index is 0.0201. The average Bonchev–Trinajstić information content (AvgIpc) is 2.83. The molecular formula is C22H17BrN4O6S. The van der Waals surface area contributed by atoms with Crippen LogP contribution in [0.3, 0.4) is 0 Å². The SMILES string of the molecule is COC(=O)[C@H]1C(=O)NC(SCC(=O)Nc2ccc(Br)cc2)=C(C#N)[C@H]1c1ccccc1[N+](=O)[O-]. The number of esters is 1. The minimum atomic E-state index is -1.51. The molecule has 0 radical (unpaired) electrons. The van der Waals surface area contributed by atoms with E-state index in [4.69, 9.17) is 4.74 Å². The highest BCUT2D eigenvalue weighted by Gasteiger charge is 2.46. The van der Waals surface area contributed by atoms with Crippen LogP contribution in [0.1, 0.15) is 11.5 Å². The highest BCUT2D eigenvalue weighted by Crippen LogP contribution is 2.43. The molecule has 0 aliphatic carbocycles. The molecule has 2 atom stereocenters. The summed E-state index contributed by atoms with van der Waals surface area (Å²) in [6, 6.07) is 14.4. The number of nitro groups is 1. The fraction of sp³-hybridized carbons (Fsp3) is 0.182. The molecule has 0 bridgehead atoms. The van der Waals surface area contributed by atoms with Crippen molar-refractivity contribution in [3.63, 3.8) is 0 Å². The number of nitriles is 1. The second-order valence-corrected chi connectivity index (χ2v) is 8.88. The highest BCUT2D eigenvalue weighted by atomic mass is 79.9. The van der Waals surface area contributed by atoms with E-state index in [-0.39, 0.29) is 27.6 Å². The molecule has 0 fully saturated rings. The Morgan fingerprint density at radius 3 is 2.56 bits per heavy atom. The molecule has 3 rings (SSSR count). The Kier molecular flexibility index (Phi) is 8.04. The van der Waals surface area contributed by atoms with Gasteiger partial charge in [-0.2, -0.15) is 5.26 Å². The van der Waals surface area contributed by atoms with Crippen LogP contribution in [0.25, 0.3) is 0 Å². The number of amides is 2. The molecule has 2 aromatic carbocycles. The third kappa shape index (κ3) is 5.44. The Bertz CT molecular complexity index is 1220.